The Morgan fingerprint density at radius 2 is 0.610 bits per heavy atom. The molecule has 1 heterocycles. The van der Waals surface area contributed by atoms with E-state index in [2.05, 4.69) is 210 Å². The first-order chi connectivity index (χ1) is 27.9. The predicted octanol–water partition coefficient (Wildman–Crippen LogP) is 14.6. The molecule has 4 atom stereocenters. The maximum atomic E-state index is 2.61. The molecule has 304 valence electrons. The third kappa shape index (κ3) is 8.89. The number of rotatable bonds is 10. The maximum Gasteiger partial charge on any atom is 0.244 e. The molecule has 0 amide bonds. The lowest BCUT2D eigenvalue weighted by molar-refractivity contribution is -0.425. The summed E-state index contributed by atoms with van der Waals surface area (Å²) in [6.07, 6.45) is 2.47. The van der Waals surface area contributed by atoms with Gasteiger partial charge in [0.2, 0.25) is 6.34 Å². The van der Waals surface area contributed by atoms with Crippen molar-refractivity contribution >= 4 is 17.7 Å². The van der Waals surface area contributed by atoms with Gasteiger partial charge in [-0.2, -0.15) is 0 Å². The van der Waals surface area contributed by atoms with E-state index in [0.29, 0.717) is 0 Å². The molecular formula is C57H67N2+. The largest absolute Gasteiger partial charge is 0.244 e. The lowest BCUT2D eigenvalue weighted by Gasteiger charge is -2.26. The second kappa shape index (κ2) is 16.8. The highest BCUT2D eigenvalue weighted by atomic mass is 15.3. The Kier molecular flexibility index (Phi) is 11.9. The lowest BCUT2D eigenvalue weighted by atomic mass is 9.82. The summed E-state index contributed by atoms with van der Waals surface area (Å²) in [5.41, 5.74) is 27.0. The highest BCUT2D eigenvalue weighted by molar-refractivity contribution is 5.84. The molecule has 6 aromatic rings. The van der Waals surface area contributed by atoms with Gasteiger partial charge in [-0.3, -0.25) is 0 Å². The van der Waals surface area contributed by atoms with Crippen LogP contribution < -0.4 is 4.90 Å². The zero-order valence-corrected chi connectivity index (χ0v) is 38.4. The molecule has 2 heteroatoms. The van der Waals surface area contributed by atoms with Crippen LogP contribution in [0.5, 0.6) is 0 Å². The fourth-order valence-corrected chi connectivity index (χ4v) is 10.3. The number of hydrogen-bond acceptors (Lipinski definition) is 1. The van der Waals surface area contributed by atoms with Crippen molar-refractivity contribution in [2.75, 3.05) is 18.0 Å². The van der Waals surface area contributed by atoms with E-state index in [-0.39, 0.29) is 23.7 Å². The van der Waals surface area contributed by atoms with Crippen LogP contribution in [0.1, 0.15) is 152 Å². The van der Waals surface area contributed by atoms with Crippen LogP contribution in [-0.4, -0.2) is 24.0 Å². The molecule has 6 aromatic carbocycles. The van der Waals surface area contributed by atoms with Crippen LogP contribution >= 0.6 is 0 Å². The van der Waals surface area contributed by atoms with Gasteiger partial charge in [0, 0.05) is 45.9 Å². The zero-order chi connectivity index (χ0) is 42.4. The van der Waals surface area contributed by atoms with Gasteiger partial charge in [0.15, 0.2) is 0 Å². The van der Waals surface area contributed by atoms with Crippen molar-refractivity contribution in [3.63, 3.8) is 0 Å². The Morgan fingerprint density at radius 1 is 0.356 bits per heavy atom. The fraction of sp³-hybridized carbons (Fsp3) is 0.351. The molecule has 0 aliphatic carbocycles. The average Bonchev–Trinajstić information content (AvgIpc) is 3.64. The molecule has 0 radical (unpaired) electrons. The minimum Gasteiger partial charge on any atom is -0.229 e. The van der Waals surface area contributed by atoms with Crippen molar-refractivity contribution in [2.45, 2.75) is 121 Å². The summed E-state index contributed by atoms with van der Waals surface area (Å²) >= 11 is 0. The van der Waals surface area contributed by atoms with E-state index in [4.69, 9.17) is 0 Å². The van der Waals surface area contributed by atoms with Gasteiger partial charge < -0.3 is 0 Å². The van der Waals surface area contributed by atoms with Crippen molar-refractivity contribution in [1.82, 2.24) is 0 Å². The molecule has 0 saturated heterocycles. The van der Waals surface area contributed by atoms with Gasteiger partial charge >= 0.3 is 0 Å². The molecule has 0 bridgehead atoms. The van der Waals surface area contributed by atoms with E-state index in [1.807, 2.05) is 0 Å². The van der Waals surface area contributed by atoms with Crippen molar-refractivity contribution in [1.29, 1.82) is 0 Å². The van der Waals surface area contributed by atoms with Crippen LogP contribution in [0.25, 0.3) is 0 Å². The Bertz CT molecular complexity index is 2350. The van der Waals surface area contributed by atoms with E-state index >= 15 is 0 Å². The summed E-state index contributed by atoms with van der Waals surface area (Å²) in [6.45, 7) is 33.9. The molecule has 0 saturated carbocycles. The summed E-state index contributed by atoms with van der Waals surface area (Å²) in [5.74, 6) is 0.873. The van der Waals surface area contributed by atoms with Crippen molar-refractivity contribution in [2.24, 2.45) is 0 Å². The molecule has 0 aromatic heterocycles. The Labute approximate surface area is 356 Å². The number of anilines is 1. The first-order valence-electron chi connectivity index (χ1n) is 22.0. The third-order valence-corrected chi connectivity index (χ3v) is 12.9. The van der Waals surface area contributed by atoms with Crippen LogP contribution in [-0.2, 0) is 0 Å². The highest BCUT2D eigenvalue weighted by Gasteiger charge is 2.35. The minimum absolute atomic E-state index is 0.218. The number of aryl methyl sites for hydroxylation is 10. The monoisotopic (exact) mass is 780 g/mol. The Morgan fingerprint density at radius 3 is 0.915 bits per heavy atom. The van der Waals surface area contributed by atoms with Crippen molar-refractivity contribution in [3.05, 3.63) is 197 Å². The third-order valence-electron chi connectivity index (χ3n) is 12.9. The van der Waals surface area contributed by atoms with Crippen molar-refractivity contribution in [3.8, 4) is 0 Å². The summed E-state index contributed by atoms with van der Waals surface area (Å²) in [4.78, 5) is 2.61. The maximum absolute atomic E-state index is 2.61. The highest BCUT2D eigenvalue weighted by Crippen LogP contribution is 2.45. The zero-order valence-electron chi connectivity index (χ0n) is 38.4. The van der Waals surface area contributed by atoms with Gasteiger partial charge in [0.1, 0.15) is 24.5 Å². The molecule has 2 nitrogen and oxygen atoms in total. The lowest BCUT2D eigenvalue weighted by Crippen LogP contribution is -2.23. The molecule has 0 fully saturated rings. The Hall–Kier alpha value is -5.21. The van der Waals surface area contributed by atoms with E-state index in [1.165, 1.54) is 112 Å². The second-order valence-corrected chi connectivity index (χ2v) is 18.7. The van der Waals surface area contributed by atoms with E-state index < -0.39 is 0 Å². The van der Waals surface area contributed by atoms with E-state index in [9.17, 15) is 0 Å². The Balaban J connectivity index is 1.47. The van der Waals surface area contributed by atoms with Crippen LogP contribution in [0, 0.1) is 69.2 Å². The van der Waals surface area contributed by atoms with Gasteiger partial charge in [-0.15, -0.1) is 0 Å². The van der Waals surface area contributed by atoms with E-state index in [1.54, 1.807) is 0 Å². The first-order valence-corrected chi connectivity index (χ1v) is 22.0. The molecule has 0 unspecified atom stereocenters. The predicted molar refractivity (Wildman–Crippen MR) is 254 cm³/mol. The summed E-state index contributed by atoms with van der Waals surface area (Å²) in [6, 6.07) is 38.2. The smallest absolute Gasteiger partial charge is 0.229 e. The van der Waals surface area contributed by atoms with Gasteiger partial charge in [-0.25, -0.2) is 9.48 Å². The molecule has 0 spiro atoms. The summed E-state index contributed by atoms with van der Waals surface area (Å²) in [5, 5.41) is 0. The minimum atomic E-state index is 0.218. The van der Waals surface area contributed by atoms with Gasteiger partial charge in [0.25, 0.3) is 0 Å². The molecule has 7 rings (SSSR count). The average molecular weight is 780 g/mol. The van der Waals surface area contributed by atoms with Crippen LogP contribution in [0.2, 0.25) is 0 Å². The van der Waals surface area contributed by atoms with Gasteiger partial charge in [-0.1, -0.05) is 180 Å². The fourth-order valence-electron chi connectivity index (χ4n) is 10.3. The number of hydrogen-bond donors (Lipinski definition) is 0. The standard InChI is InChI=1S/C57H67N2/c1-34-17-35(2)22-48(21-34)44(11)52-29-42(9)30-53(45(12)49-23-36(3)18-37(4)24-49)56(52)58-15-16-59(33-58)57-54(46(13)50-25-38(5)19-39(6)26-50)31-43(10)32-55(57)47(14)51-27-40(7)20-41(8)28-51/h17-33,44-47H,15-16H2,1-14H3/q+1/t44-,45-,46-,47-/m1/s1. The van der Waals surface area contributed by atoms with Gasteiger partial charge in [-0.05, 0) is 91.5 Å². The van der Waals surface area contributed by atoms with E-state index in [0.717, 1.165) is 13.1 Å². The second-order valence-electron chi connectivity index (χ2n) is 18.7. The molecule has 1 aliphatic heterocycles. The van der Waals surface area contributed by atoms with Crippen LogP contribution in [0.3, 0.4) is 0 Å². The summed E-state index contributed by atoms with van der Waals surface area (Å²) in [7, 11) is 0. The SMILES string of the molecule is Cc1cc(C)cc([C@@H](C)c2cc(C)cc([C@H](C)c3cc(C)cc(C)c3)c2N2C=[N+](c3c([C@H](C)c4cc(C)cc(C)c4)cc(C)cc3[C@H](C)c3cc(C)cc(C)c3)CC2)c1. The molecule has 1 aliphatic rings. The van der Waals surface area contributed by atoms with Gasteiger partial charge in [0.05, 0.1) is 0 Å². The van der Waals surface area contributed by atoms with Crippen LogP contribution in [0.4, 0.5) is 11.4 Å². The molecule has 59 heavy (non-hydrogen) atoms. The van der Waals surface area contributed by atoms with Crippen LogP contribution in [0.15, 0.2) is 97.1 Å². The normalized spacial score (nSPS) is 14.9. The topological polar surface area (TPSA) is 6.25 Å². The quantitative estimate of drug-likeness (QED) is 0.126. The number of nitrogens with zero attached hydrogens (tertiary/aromatic N) is 2. The first kappa shape index (κ1) is 41.9. The van der Waals surface area contributed by atoms with Crippen molar-refractivity contribution < 1.29 is 4.58 Å². The molecular weight excluding hydrogens is 713 g/mol. The number of benzene rings is 6. The summed E-state index contributed by atoms with van der Waals surface area (Å²) < 4.78 is 2.61. The molecule has 0 N–H and O–H groups in total.